The summed E-state index contributed by atoms with van der Waals surface area (Å²) in [7, 11) is 0. The quantitative estimate of drug-likeness (QED) is 0.681. The number of amides is 1. The highest BCUT2D eigenvalue weighted by molar-refractivity contribution is 5.98. The van der Waals surface area contributed by atoms with Gasteiger partial charge in [-0.25, -0.2) is 4.39 Å². The summed E-state index contributed by atoms with van der Waals surface area (Å²) >= 11 is 0. The SMILES string of the molecule is O=C(N[C@@H]1c2ccccc2C[C@@H]1O)c1cc2cc(F)ccc2[nH]1. The maximum Gasteiger partial charge on any atom is 0.268 e. The molecule has 0 spiro atoms. The molecular formula is C18H15FN2O2. The van der Waals surface area contributed by atoms with Gasteiger partial charge in [-0.05, 0) is 35.4 Å². The van der Waals surface area contributed by atoms with Crippen LogP contribution in [0.1, 0.15) is 27.7 Å². The molecule has 0 unspecified atom stereocenters. The van der Waals surface area contributed by atoms with E-state index in [4.69, 9.17) is 0 Å². The van der Waals surface area contributed by atoms with E-state index in [0.29, 0.717) is 23.0 Å². The van der Waals surface area contributed by atoms with Crippen LogP contribution in [-0.4, -0.2) is 22.1 Å². The van der Waals surface area contributed by atoms with E-state index in [0.717, 1.165) is 11.1 Å². The summed E-state index contributed by atoms with van der Waals surface area (Å²) in [4.78, 5) is 15.4. The van der Waals surface area contributed by atoms with Gasteiger partial charge in [0.2, 0.25) is 0 Å². The number of H-pyrrole nitrogens is 1. The van der Waals surface area contributed by atoms with Crippen LogP contribution in [0.25, 0.3) is 10.9 Å². The third kappa shape index (κ3) is 2.39. The number of aliphatic hydroxyl groups is 1. The lowest BCUT2D eigenvalue weighted by Gasteiger charge is -2.17. The summed E-state index contributed by atoms with van der Waals surface area (Å²) < 4.78 is 13.2. The van der Waals surface area contributed by atoms with Crippen molar-refractivity contribution in [2.24, 2.45) is 0 Å². The van der Waals surface area contributed by atoms with Crippen molar-refractivity contribution >= 4 is 16.8 Å². The van der Waals surface area contributed by atoms with Gasteiger partial charge >= 0.3 is 0 Å². The molecule has 1 aromatic heterocycles. The zero-order chi connectivity index (χ0) is 16.0. The monoisotopic (exact) mass is 310 g/mol. The molecule has 4 rings (SSSR count). The average Bonchev–Trinajstić information content (AvgIpc) is 3.08. The van der Waals surface area contributed by atoms with Crippen LogP contribution < -0.4 is 5.32 Å². The summed E-state index contributed by atoms with van der Waals surface area (Å²) in [5.74, 6) is -0.661. The van der Waals surface area contributed by atoms with Gasteiger partial charge in [-0.1, -0.05) is 24.3 Å². The fraction of sp³-hybridized carbons (Fsp3) is 0.167. The molecule has 1 amide bonds. The maximum absolute atomic E-state index is 13.2. The molecule has 3 aromatic rings. The van der Waals surface area contributed by atoms with Crippen molar-refractivity contribution < 1.29 is 14.3 Å². The molecule has 0 fully saturated rings. The van der Waals surface area contributed by atoms with Crippen molar-refractivity contribution in [3.8, 4) is 0 Å². The highest BCUT2D eigenvalue weighted by Crippen LogP contribution is 2.31. The second-order valence-electron chi connectivity index (χ2n) is 5.84. The first-order valence-electron chi connectivity index (χ1n) is 7.47. The molecule has 4 nitrogen and oxygen atoms in total. The number of rotatable bonds is 2. The smallest absolute Gasteiger partial charge is 0.268 e. The Kier molecular flexibility index (Phi) is 3.16. The summed E-state index contributed by atoms with van der Waals surface area (Å²) in [5.41, 5.74) is 3.03. The molecule has 3 N–H and O–H groups in total. The van der Waals surface area contributed by atoms with Crippen LogP contribution >= 0.6 is 0 Å². The number of hydrogen-bond acceptors (Lipinski definition) is 2. The summed E-state index contributed by atoms with van der Waals surface area (Å²) in [6.07, 6.45) is -0.114. The molecule has 2 atom stereocenters. The maximum atomic E-state index is 13.2. The van der Waals surface area contributed by atoms with Crippen LogP contribution in [0.5, 0.6) is 0 Å². The Labute approximate surface area is 132 Å². The Bertz CT molecular complexity index is 903. The van der Waals surface area contributed by atoms with Gasteiger partial charge in [-0.15, -0.1) is 0 Å². The van der Waals surface area contributed by atoms with Gasteiger partial charge < -0.3 is 15.4 Å². The molecule has 0 saturated heterocycles. The van der Waals surface area contributed by atoms with Gasteiger partial charge in [-0.2, -0.15) is 0 Å². The van der Waals surface area contributed by atoms with E-state index in [1.807, 2.05) is 24.3 Å². The number of aromatic amines is 1. The van der Waals surface area contributed by atoms with Crippen molar-refractivity contribution in [2.45, 2.75) is 18.6 Å². The van der Waals surface area contributed by atoms with E-state index in [9.17, 15) is 14.3 Å². The van der Waals surface area contributed by atoms with Gasteiger partial charge in [0.05, 0.1) is 12.1 Å². The molecule has 2 aromatic carbocycles. The molecule has 0 aliphatic heterocycles. The minimum absolute atomic E-state index is 0.317. The number of hydrogen-bond donors (Lipinski definition) is 3. The molecule has 23 heavy (non-hydrogen) atoms. The van der Waals surface area contributed by atoms with E-state index in [-0.39, 0.29) is 11.7 Å². The molecular weight excluding hydrogens is 295 g/mol. The number of nitrogens with one attached hydrogen (secondary N) is 2. The lowest BCUT2D eigenvalue weighted by atomic mass is 10.1. The number of halogens is 1. The van der Waals surface area contributed by atoms with E-state index in [1.165, 1.54) is 12.1 Å². The van der Waals surface area contributed by atoms with Crippen molar-refractivity contribution in [1.29, 1.82) is 0 Å². The van der Waals surface area contributed by atoms with Crippen molar-refractivity contribution in [3.63, 3.8) is 0 Å². The van der Waals surface area contributed by atoms with Crippen molar-refractivity contribution in [3.05, 3.63) is 71.2 Å². The molecule has 0 bridgehead atoms. The van der Waals surface area contributed by atoms with E-state index >= 15 is 0 Å². The van der Waals surface area contributed by atoms with Gasteiger partial charge in [-0.3, -0.25) is 4.79 Å². The predicted molar refractivity (Wildman–Crippen MR) is 84.6 cm³/mol. The summed E-state index contributed by atoms with van der Waals surface area (Å²) in [6, 6.07) is 13.2. The average molecular weight is 310 g/mol. The van der Waals surface area contributed by atoms with Gasteiger partial charge in [0.1, 0.15) is 11.5 Å². The van der Waals surface area contributed by atoms with Gasteiger partial charge in [0.25, 0.3) is 5.91 Å². The first-order valence-corrected chi connectivity index (χ1v) is 7.47. The van der Waals surface area contributed by atoms with E-state index in [2.05, 4.69) is 10.3 Å². The van der Waals surface area contributed by atoms with Crippen LogP contribution in [0.2, 0.25) is 0 Å². The standard InChI is InChI=1S/C18H15FN2O2/c19-12-5-6-14-11(7-12)8-15(20-14)18(23)21-17-13-4-2-1-3-10(13)9-16(17)22/h1-8,16-17,20,22H,9H2,(H,21,23)/t16-,17+/m0/s1. The first-order chi connectivity index (χ1) is 11.1. The Morgan fingerprint density at radius 2 is 2.04 bits per heavy atom. The van der Waals surface area contributed by atoms with Crippen molar-refractivity contribution in [2.75, 3.05) is 0 Å². The number of aromatic nitrogens is 1. The first kappa shape index (κ1) is 14.0. The molecule has 1 aliphatic carbocycles. The highest BCUT2D eigenvalue weighted by Gasteiger charge is 2.32. The summed E-state index contributed by atoms with van der Waals surface area (Å²) in [5, 5.41) is 13.7. The normalized spacial score (nSPS) is 19.7. The van der Waals surface area contributed by atoms with Crippen molar-refractivity contribution in [1.82, 2.24) is 10.3 Å². The van der Waals surface area contributed by atoms with E-state index in [1.54, 1.807) is 12.1 Å². The number of benzene rings is 2. The van der Waals surface area contributed by atoms with Crippen LogP contribution in [0.3, 0.4) is 0 Å². The third-order valence-corrected chi connectivity index (χ3v) is 4.32. The highest BCUT2D eigenvalue weighted by atomic mass is 19.1. The largest absolute Gasteiger partial charge is 0.390 e. The lowest BCUT2D eigenvalue weighted by molar-refractivity contribution is 0.0854. The lowest BCUT2D eigenvalue weighted by Crippen LogP contribution is -2.34. The van der Waals surface area contributed by atoms with Crippen LogP contribution in [0, 0.1) is 5.82 Å². The number of fused-ring (bicyclic) bond motifs is 2. The number of aliphatic hydroxyl groups excluding tert-OH is 1. The second kappa shape index (κ2) is 5.21. The minimum Gasteiger partial charge on any atom is -0.390 e. The molecule has 0 radical (unpaired) electrons. The number of carbonyl (C=O) groups excluding carboxylic acids is 1. The Morgan fingerprint density at radius 3 is 2.91 bits per heavy atom. The van der Waals surface area contributed by atoms with Crippen LogP contribution in [0.15, 0.2) is 48.5 Å². The zero-order valence-corrected chi connectivity index (χ0v) is 12.2. The molecule has 5 heteroatoms. The zero-order valence-electron chi connectivity index (χ0n) is 12.2. The molecule has 0 saturated carbocycles. The van der Waals surface area contributed by atoms with Gasteiger partial charge in [0, 0.05) is 17.3 Å². The third-order valence-electron chi connectivity index (χ3n) is 4.32. The fourth-order valence-electron chi connectivity index (χ4n) is 3.19. The minimum atomic E-state index is -0.641. The topological polar surface area (TPSA) is 65.1 Å². The summed E-state index contributed by atoms with van der Waals surface area (Å²) in [6.45, 7) is 0. The molecule has 1 heterocycles. The Balaban J connectivity index is 1.62. The molecule has 1 aliphatic rings. The Hall–Kier alpha value is -2.66. The van der Waals surface area contributed by atoms with Crippen LogP contribution in [0.4, 0.5) is 4.39 Å². The van der Waals surface area contributed by atoms with E-state index < -0.39 is 12.1 Å². The fourth-order valence-corrected chi connectivity index (χ4v) is 3.19. The molecule has 116 valence electrons. The second-order valence-corrected chi connectivity index (χ2v) is 5.84. The Morgan fingerprint density at radius 1 is 1.22 bits per heavy atom. The number of carbonyl (C=O) groups is 1. The van der Waals surface area contributed by atoms with Gasteiger partial charge in [0.15, 0.2) is 0 Å². The van der Waals surface area contributed by atoms with Crippen LogP contribution in [-0.2, 0) is 6.42 Å². The predicted octanol–water partition coefficient (Wildman–Crippen LogP) is 2.70.